The summed E-state index contributed by atoms with van der Waals surface area (Å²) in [5.41, 5.74) is 1.07. The van der Waals surface area contributed by atoms with E-state index >= 15 is 0 Å². The quantitative estimate of drug-likeness (QED) is 0.233. The van der Waals surface area contributed by atoms with E-state index in [2.05, 4.69) is 9.97 Å². The first-order valence-corrected chi connectivity index (χ1v) is 7.18. The lowest BCUT2D eigenvalue weighted by molar-refractivity contribution is -0.402. The molecule has 0 aliphatic rings. The van der Waals surface area contributed by atoms with Gasteiger partial charge in [-0.25, -0.2) is 9.78 Å². The summed E-state index contributed by atoms with van der Waals surface area (Å²) in [6, 6.07) is 10.9. The zero-order valence-electron chi connectivity index (χ0n) is 13.0. The Labute approximate surface area is 145 Å². The molecule has 2 N–H and O–H groups in total. The number of allylic oxidation sites excluding steroid dienone is 1. The van der Waals surface area contributed by atoms with Gasteiger partial charge in [0, 0.05) is 0 Å². The summed E-state index contributed by atoms with van der Waals surface area (Å²) in [7, 11) is 0. The maximum atomic E-state index is 11.8. The summed E-state index contributed by atoms with van der Waals surface area (Å²) in [5.74, 6) is -2.44. The number of hydrogen-bond donors (Lipinski definition) is 2. The SMILES string of the molecule is N#CC(=C(O)COC(=O)c1ccc([N+](=O)[O-])o1)c1nc2ccccc2[nH]1. The summed E-state index contributed by atoms with van der Waals surface area (Å²) in [6.07, 6.45) is 0. The number of aliphatic hydroxyl groups excluding tert-OH is 1. The summed E-state index contributed by atoms with van der Waals surface area (Å²) >= 11 is 0. The molecular weight excluding hydrogens is 344 g/mol. The van der Waals surface area contributed by atoms with Gasteiger partial charge in [0.1, 0.15) is 16.6 Å². The molecule has 0 spiro atoms. The number of nitrogens with one attached hydrogen (secondary N) is 1. The van der Waals surface area contributed by atoms with Crippen molar-refractivity contribution in [2.75, 3.05) is 6.61 Å². The normalized spacial score (nSPS) is 11.7. The average molecular weight is 354 g/mol. The third kappa shape index (κ3) is 3.22. The van der Waals surface area contributed by atoms with Crippen molar-refractivity contribution >= 4 is 28.5 Å². The van der Waals surface area contributed by atoms with Gasteiger partial charge in [-0.15, -0.1) is 0 Å². The van der Waals surface area contributed by atoms with E-state index in [1.165, 1.54) is 0 Å². The highest BCUT2D eigenvalue weighted by atomic mass is 16.7. The summed E-state index contributed by atoms with van der Waals surface area (Å²) in [5, 5.41) is 29.8. The number of aliphatic hydroxyl groups is 1. The molecule has 10 nitrogen and oxygen atoms in total. The maximum absolute atomic E-state index is 11.8. The van der Waals surface area contributed by atoms with E-state index in [4.69, 9.17) is 9.15 Å². The monoisotopic (exact) mass is 354 g/mol. The van der Waals surface area contributed by atoms with Crippen LogP contribution in [0.1, 0.15) is 16.4 Å². The van der Waals surface area contributed by atoms with Gasteiger partial charge in [-0.1, -0.05) is 12.1 Å². The fraction of sp³-hybridized carbons (Fsp3) is 0.0625. The Kier molecular flexibility index (Phi) is 4.36. The van der Waals surface area contributed by atoms with Crippen LogP contribution in [-0.4, -0.2) is 32.6 Å². The van der Waals surface area contributed by atoms with Crippen molar-refractivity contribution in [1.29, 1.82) is 5.26 Å². The number of aromatic amines is 1. The Morgan fingerprint density at radius 2 is 2.15 bits per heavy atom. The number of hydrogen-bond acceptors (Lipinski definition) is 8. The van der Waals surface area contributed by atoms with E-state index in [0.717, 1.165) is 12.1 Å². The highest BCUT2D eigenvalue weighted by molar-refractivity contribution is 5.87. The van der Waals surface area contributed by atoms with Crippen LogP contribution in [0.15, 0.2) is 46.6 Å². The van der Waals surface area contributed by atoms with Gasteiger partial charge < -0.3 is 19.2 Å². The lowest BCUT2D eigenvalue weighted by Crippen LogP contribution is -2.08. The van der Waals surface area contributed by atoms with Crippen LogP contribution in [0.5, 0.6) is 0 Å². The molecule has 0 atom stereocenters. The van der Waals surface area contributed by atoms with Crippen LogP contribution >= 0.6 is 0 Å². The third-order valence-corrected chi connectivity index (χ3v) is 3.34. The summed E-state index contributed by atoms with van der Waals surface area (Å²) < 4.78 is 9.50. The number of fused-ring (bicyclic) bond motifs is 1. The number of rotatable bonds is 5. The highest BCUT2D eigenvalue weighted by Crippen LogP contribution is 2.20. The molecule has 130 valence electrons. The van der Waals surface area contributed by atoms with Crippen molar-refractivity contribution in [3.05, 3.63) is 63.9 Å². The van der Waals surface area contributed by atoms with Crippen molar-refractivity contribution in [3.63, 3.8) is 0 Å². The third-order valence-electron chi connectivity index (χ3n) is 3.34. The van der Waals surface area contributed by atoms with Crippen molar-refractivity contribution in [3.8, 4) is 6.07 Å². The predicted molar refractivity (Wildman–Crippen MR) is 86.9 cm³/mol. The molecule has 10 heteroatoms. The molecule has 0 unspecified atom stereocenters. The van der Waals surface area contributed by atoms with Crippen molar-refractivity contribution in [2.45, 2.75) is 0 Å². The first kappa shape index (κ1) is 16.7. The molecule has 0 saturated heterocycles. The molecule has 0 fully saturated rings. The topological polar surface area (TPSA) is 155 Å². The minimum absolute atomic E-state index is 0.121. The van der Waals surface area contributed by atoms with Crippen LogP contribution in [0.3, 0.4) is 0 Å². The number of nitro groups is 1. The molecule has 0 aliphatic heterocycles. The number of esters is 1. The molecule has 0 aliphatic carbocycles. The number of carbonyl (C=O) groups is 1. The molecule has 3 rings (SSSR count). The van der Waals surface area contributed by atoms with Crippen LogP contribution in [0.25, 0.3) is 16.6 Å². The van der Waals surface area contributed by atoms with E-state index in [0.29, 0.717) is 11.0 Å². The number of nitriles is 1. The summed E-state index contributed by atoms with van der Waals surface area (Å²) in [6.45, 7) is -0.632. The zero-order valence-corrected chi connectivity index (χ0v) is 13.0. The number of ether oxygens (including phenoxy) is 1. The minimum atomic E-state index is -1.02. The molecule has 0 bridgehead atoms. The van der Waals surface area contributed by atoms with E-state index in [-0.39, 0.29) is 11.4 Å². The van der Waals surface area contributed by atoms with Gasteiger partial charge in [-0.05, 0) is 18.2 Å². The lowest BCUT2D eigenvalue weighted by atomic mass is 10.2. The second-order valence-electron chi connectivity index (χ2n) is 5.01. The first-order chi connectivity index (χ1) is 12.5. The predicted octanol–water partition coefficient (Wildman–Crippen LogP) is 2.71. The standard InChI is InChI=1S/C16H10N4O6/c17-7-9(15-18-10-3-1-2-4-11(10)19-15)12(21)8-25-16(22)13-5-6-14(26-13)20(23)24/h1-6,21H,8H2,(H,18,19). The first-order valence-electron chi connectivity index (χ1n) is 7.18. The Bertz CT molecular complexity index is 1040. The molecule has 0 radical (unpaired) electrons. The smallest absolute Gasteiger partial charge is 0.433 e. The molecule has 1 aromatic carbocycles. The maximum Gasteiger partial charge on any atom is 0.433 e. The van der Waals surface area contributed by atoms with Gasteiger partial charge in [-0.3, -0.25) is 10.1 Å². The van der Waals surface area contributed by atoms with Gasteiger partial charge in [0.25, 0.3) is 0 Å². The Hall–Kier alpha value is -4.13. The Balaban J connectivity index is 1.77. The van der Waals surface area contributed by atoms with Gasteiger partial charge >= 0.3 is 11.9 Å². The molecule has 3 aromatic rings. The molecular formula is C16H10N4O6. The largest absolute Gasteiger partial charge is 0.507 e. The number of para-hydroxylation sites is 2. The molecule has 2 heterocycles. The van der Waals surface area contributed by atoms with Crippen LogP contribution in [-0.2, 0) is 4.74 Å². The molecule has 26 heavy (non-hydrogen) atoms. The van der Waals surface area contributed by atoms with Crippen molar-refractivity contribution < 1.29 is 24.0 Å². The van der Waals surface area contributed by atoms with E-state index in [9.17, 15) is 25.3 Å². The van der Waals surface area contributed by atoms with Crippen LogP contribution in [0.2, 0.25) is 0 Å². The fourth-order valence-electron chi connectivity index (χ4n) is 2.14. The average Bonchev–Trinajstić information content (AvgIpc) is 3.27. The van der Waals surface area contributed by atoms with E-state index in [1.54, 1.807) is 30.3 Å². The number of benzene rings is 1. The van der Waals surface area contributed by atoms with Gasteiger partial charge in [0.2, 0.25) is 5.76 Å². The fourth-order valence-corrected chi connectivity index (χ4v) is 2.14. The number of aromatic nitrogens is 2. The number of carbonyl (C=O) groups excluding carboxylic acids is 1. The van der Waals surface area contributed by atoms with Gasteiger partial charge in [-0.2, -0.15) is 5.26 Å². The number of nitrogens with zero attached hydrogens (tertiary/aromatic N) is 3. The van der Waals surface area contributed by atoms with Crippen LogP contribution in [0.4, 0.5) is 5.88 Å². The minimum Gasteiger partial charge on any atom is -0.507 e. The lowest BCUT2D eigenvalue weighted by Gasteiger charge is -2.03. The summed E-state index contributed by atoms with van der Waals surface area (Å²) in [4.78, 5) is 28.6. The Morgan fingerprint density at radius 3 is 2.81 bits per heavy atom. The second kappa shape index (κ2) is 6.78. The number of H-pyrrole nitrogens is 1. The van der Waals surface area contributed by atoms with Crippen molar-refractivity contribution in [2.24, 2.45) is 0 Å². The van der Waals surface area contributed by atoms with Crippen LogP contribution in [0, 0.1) is 21.4 Å². The molecule has 0 saturated carbocycles. The Morgan fingerprint density at radius 1 is 1.38 bits per heavy atom. The van der Waals surface area contributed by atoms with Crippen molar-refractivity contribution in [1.82, 2.24) is 9.97 Å². The van der Waals surface area contributed by atoms with Gasteiger partial charge in [0.15, 0.2) is 18.2 Å². The number of furan rings is 1. The molecule has 2 aromatic heterocycles. The van der Waals surface area contributed by atoms with Crippen LogP contribution < -0.4 is 0 Å². The molecule has 0 amide bonds. The second-order valence-corrected chi connectivity index (χ2v) is 5.01. The zero-order chi connectivity index (χ0) is 18.7. The van der Waals surface area contributed by atoms with Gasteiger partial charge in [0.05, 0.1) is 17.1 Å². The highest BCUT2D eigenvalue weighted by Gasteiger charge is 2.20. The van der Waals surface area contributed by atoms with E-state index in [1.807, 2.05) is 0 Å². The van der Waals surface area contributed by atoms with E-state index < -0.39 is 34.9 Å². The number of imidazole rings is 1.